The molecule has 0 bridgehead atoms. The number of alkyl halides is 3. The van der Waals surface area contributed by atoms with E-state index in [9.17, 15) is 31.9 Å². The molecule has 2 aromatic carbocycles. The molecule has 2 fully saturated rings. The minimum atomic E-state index is -4.45. The number of β-amino-alcohol motifs (C(OH)–C–C–N with tert-alkyl or cyclic N) is 1. The molecule has 3 aromatic rings. The van der Waals surface area contributed by atoms with Gasteiger partial charge in [-0.25, -0.2) is 13.6 Å². The predicted octanol–water partition coefficient (Wildman–Crippen LogP) is 4.74. The van der Waals surface area contributed by atoms with E-state index in [4.69, 9.17) is 0 Å². The summed E-state index contributed by atoms with van der Waals surface area (Å²) in [4.78, 5) is 16.2. The van der Waals surface area contributed by atoms with Crippen LogP contribution >= 0.6 is 0 Å². The molecule has 1 aromatic heterocycles. The maximum atomic E-state index is 14.3. The van der Waals surface area contributed by atoms with Crippen molar-refractivity contribution in [1.29, 1.82) is 0 Å². The number of nitrogens with one attached hydrogen (secondary N) is 1. The van der Waals surface area contributed by atoms with Gasteiger partial charge in [-0.2, -0.15) is 18.3 Å². The van der Waals surface area contributed by atoms with Crippen LogP contribution in [-0.2, 0) is 6.18 Å². The number of aromatic nitrogens is 2. The van der Waals surface area contributed by atoms with E-state index in [2.05, 4.69) is 10.2 Å². The Kier molecular flexibility index (Phi) is 6.19. The maximum Gasteiger partial charge on any atom is 0.416 e. The Bertz CT molecular complexity index is 1250. The zero-order chi connectivity index (χ0) is 25.6. The molecule has 36 heavy (non-hydrogen) atoms. The zero-order valence-electron chi connectivity index (χ0n) is 19.0. The van der Waals surface area contributed by atoms with Gasteiger partial charge in [0.25, 0.3) is 0 Å². The van der Waals surface area contributed by atoms with Crippen LogP contribution in [0.4, 0.5) is 26.7 Å². The van der Waals surface area contributed by atoms with Gasteiger partial charge in [0.05, 0.1) is 30.5 Å². The molecule has 0 radical (unpaired) electrons. The molecule has 3 heterocycles. The molecule has 2 unspecified atom stereocenters. The Hall–Kier alpha value is -3.47. The van der Waals surface area contributed by atoms with Crippen molar-refractivity contribution in [3.05, 3.63) is 77.0 Å². The molecular weight excluding hydrogens is 483 g/mol. The minimum absolute atomic E-state index is 0.122. The highest BCUT2D eigenvalue weighted by Crippen LogP contribution is 2.38. The van der Waals surface area contributed by atoms with Gasteiger partial charge in [0.15, 0.2) is 0 Å². The number of benzene rings is 2. The normalized spacial score (nSPS) is 20.9. The van der Waals surface area contributed by atoms with Gasteiger partial charge >= 0.3 is 12.2 Å². The number of carbonyl (C=O) groups excluding carboxylic acids is 1. The number of halogens is 5. The van der Waals surface area contributed by atoms with Gasteiger partial charge in [-0.05, 0) is 42.3 Å². The van der Waals surface area contributed by atoms with Gasteiger partial charge in [0, 0.05) is 42.2 Å². The van der Waals surface area contributed by atoms with Crippen molar-refractivity contribution in [3.8, 4) is 11.3 Å². The van der Waals surface area contributed by atoms with Crippen molar-refractivity contribution >= 4 is 6.03 Å². The lowest BCUT2D eigenvalue weighted by Crippen LogP contribution is -2.59. The fourth-order valence-electron chi connectivity index (χ4n) is 4.86. The highest BCUT2D eigenvalue weighted by atomic mass is 19.4. The quantitative estimate of drug-likeness (QED) is 0.504. The number of hydrogen-bond donors (Lipinski definition) is 2. The van der Waals surface area contributed by atoms with Crippen molar-refractivity contribution < 1.29 is 31.9 Å². The number of urea groups is 1. The minimum Gasteiger partial charge on any atom is -0.389 e. The molecule has 11 heteroatoms. The third-order valence-corrected chi connectivity index (χ3v) is 6.81. The number of rotatable bonds is 3. The Labute approximate surface area is 203 Å². The number of aliphatic hydroxyl groups excluding tert-OH is 1. The third-order valence-electron chi connectivity index (χ3n) is 6.81. The molecule has 2 aliphatic heterocycles. The number of carbonyl (C=O) groups is 1. The lowest BCUT2D eigenvalue weighted by atomic mass is 9.82. The van der Waals surface area contributed by atoms with E-state index in [0.717, 1.165) is 24.3 Å². The summed E-state index contributed by atoms with van der Waals surface area (Å²) in [6, 6.07) is 9.50. The Morgan fingerprint density at radius 2 is 1.61 bits per heavy atom. The first kappa shape index (κ1) is 24.2. The fraction of sp³-hybridized carbons (Fsp3) is 0.360. The van der Waals surface area contributed by atoms with Gasteiger partial charge in [-0.3, -0.25) is 5.10 Å². The van der Waals surface area contributed by atoms with Crippen LogP contribution < -0.4 is 0 Å². The fourth-order valence-corrected chi connectivity index (χ4v) is 4.86. The maximum absolute atomic E-state index is 14.3. The van der Waals surface area contributed by atoms with Crippen LogP contribution in [0.5, 0.6) is 0 Å². The molecule has 5 rings (SSSR count). The number of H-pyrrole nitrogens is 1. The number of nitrogens with zero attached hydrogens (tertiary/aromatic N) is 3. The summed E-state index contributed by atoms with van der Waals surface area (Å²) in [6.07, 6.45) is -4.50. The monoisotopic (exact) mass is 506 g/mol. The van der Waals surface area contributed by atoms with Crippen LogP contribution in [0.1, 0.15) is 35.1 Å². The summed E-state index contributed by atoms with van der Waals surface area (Å²) in [5.74, 6) is -1.97. The van der Waals surface area contributed by atoms with Crippen LogP contribution in [0.2, 0.25) is 0 Å². The number of piperidine rings is 1. The smallest absolute Gasteiger partial charge is 0.389 e. The predicted molar refractivity (Wildman–Crippen MR) is 120 cm³/mol. The van der Waals surface area contributed by atoms with Crippen LogP contribution in [0.3, 0.4) is 0 Å². The summed E-state index contributed by atoms with van der Waals surface area (Å²) in [7, 11) is 0. The largest absolute Gasteiger partial charge is 0.416 e. The van der Waals surface area contributed by atoms with Crippen LogP contribution in [0.25, 0.3) is 11.3 Å². The van der Waals surface area contributed by atoms with E-state index >= 15 is 0 Å². The summed E-state index contributed by atoms with van der Waals surface area (Å²) in [6.45, 7) is 1.07. The zero-order valence-corrected chi connectivity index (χ0v) is 19.0. The standard InChI is InChI=1S/C25H23F5N4O2/c26-18-5-6-20(21(27)8-18)23-9-22(31-32-23)16-7-15(14-1-3-17(4-2-14)25(28,29)30)10-33(11-16)24(36)34-12-19(35)13-34/h1-6,8-9,15-16,19,35H,7,10-13H2,(H,31,32). The van der Waals surface area contributed by atoms with Crippen molar-refractivity contribution in [2.24, 2.45) is 0 Å². The first-order valence-electron chi connectivity index (χ1n) is 11.5. The second-order valence-electron chi connectivity index (χ2n) is 9.33. The van der Waals surface area contributed by atoms with Crippen LogP contribution in [0.15, 0.2) is 48.5 Å². The summed E-state index contributed by atoms with van der Waals surface area (Å²) in [5.41, 5.74) is 0.949. The SMILES string of the molecule is O=C(N1CC(O)C1)N1CC(c2ccc(C(F)(F)F)cc2)CC(c2cc(-c3ccc(F)cc3F)n[nH]2)C1. The van der Waals surface area contributed by atoms with Gasteiger partial charge < -0.3 is 14.9 Å². The lowest BCUT2D eigenvalue weighted by molar-refractivity contribution is -0.137. The Balaban J connectivity index is 1.42. The third kappa shape index (κ3) is 4.79. The number of hydrogen-bond acceptors (Lipinski definition) is 3. The van der Waals surface area contributed by atoms with E-state index < -0.39 is 29.5 Å². The average Bonchev–Trinajstić information content (AvgIpc) is 3.31. The molecule has 0 spiro atoms. The lowest BCUT2D eigenvalue weighted by Gasteiger charge is -2.44. The molecule has 0 aliphatic carbocycles. The van der Waals surface area contributed by atoms with Crippen molar-refractivity contribution in [3.63, 3.8) is 0 Å². The topological polar surface area (TPSA) is 72.5 Å². The van der Waals surface area contributed by atoms with E-state index in [0.29, 0.717) is 30.8 Å². The highest BCUT2D eigenvalue weighted by Gasteiger charge is 2.38. The average molecular weight is 506 g/mol. The van der Waals surface area contributed by atoms with Crippen LogP contribution in [0, 0.1) is 11.6 Å². The molecular formula is C25H23F5N4O2. The van der Waals surface area contributed by atoms with Gasteiger partial charge in [-0.15, -0.1) is 0 Å². The number of amides is 2. The molecule has 2 aliphatic rings. The molecule has 0 saturated carbocycles. The van der Waals surface area contributed by atoms with E-state index in [1.165, 1.54) is 23.1 Å². The molecule has 2 atom stereocenters. The molecule has 6 nitrogen and oxygen atoms in total. The summed E-state index contributed by atoms with van der Waals surface area (Å²) >= 11 is 0. The number of aromatic amines is 1. The van der Waals surface area contributed by atoms with Gasteiger partial charge in [0.2, 0.25) is 0 Å². The molecule has 2 saturated heterocycles. The van der Waals surface area contributed by atoms with Crippen LogP contribution in [-0.4, -0.2) is 63.4 Å². The number of aliphatic hydroxyl groups is 1. The molecule has 2 amide bonds. The van der Waals surface area contributed by atoms with Gasteiger partial charge in [0.1, 0.15) is 11.6 Å². The molecule has 190 valence electrons. The molecule has 2 N–H and O–H groups in total. The van der Waals surface area contributed by atoms with Crippen molar-refractivity contribution in [1.82, 2.24) is 20.0 Å². The summed E-state index contributed by atoms with van der Waals surface area (Å²) in [5, 5.41) is 16.7. The first-order valence-corrected chi connectivity index (χ1v) is 11.5. The number of likely N-dealkylation sites (tertiary alicyclic amines) is 2. The van der Waals surface area contributed by atoms with E-state index in [1.54, 1.807) is 11.0 Å². The second kappa shape index (κ2) is 9.20. The Morgan fingerprint density at radius 1 is 0.944 bits per heavy atom. The highest BCUT2D eigenvalue weighted by molar-refractivity contribution is 5.76. The second-order valence-corrected chi connectivity index (χ2v) is 9.33. The van der Waals surface area contributed by atoms with Gasteiger partial charge in [-0.1, -0.05) is 12.1 Å². The first-order chi connectivity index (χ1) is 17.1. The Morgan fingerprint density at radius 3 is 2.25 bits per heavy atom. The van der Waals surface area contributed by atoms with Crippen molar-refractivity contribution in [2.75, 3.05) is 26.2 Å². The van der Waals surface area contributed by atoms with E-state index in [-0.39, 0.29) is 42.2 Å². The van der Waals surface area contributed by atoms with E-state index in [1.807, 2.05) is 0 Å². The summed E-state index contributed by atoms with van der Waals surface area (Å²) < 4.78 is 66.7. The van der Waals surface area contributed by atoms with Crippen molar-refractivity contribution in [2.45, 2.75) is 30.5 Å².